The Labute approximate surface area is 196 Å². The zero-order chi connectivity index (χ0) is 23.8. The quantitative estimate of drug-likeness (QED) is 0.666. The Kier molecular flexibility index (Phi) is 4.94. The maximum absolute atomic E-state index is 12.8. The molecule has 2 aliphatic carbocycles. The highest BCUT2D eigenvalue weighted by Gasteiger charge is 2.67. The summed E-state index contributed by atoms with van der Waals surface area (Å²) in [6.07, 6.45) is 1.25. The Morgan fingerprint density at radius 1 is 1.26 bits per heavy atom. The van der Waals surface area contributed by atoms with Crippen molar-refractivity contribution in [3.05, 3.63) is 24.0 Å². The van der Waals surface area contributed by atoms with E-state index in [-0.39, 0.29) is 11.9 Å². The number of rotatable bonds is 6. The van der Waals surface area contributed by atoms with E-state index in [1.54, 1.807) is 0 Å². The average Bonchev–Trinajstić information content (AvgIpc) is 3.10. The lowest BCUT2D eigenvalue weighted by Crippen LogP contribution is -2.67. The second kappa shape index (κ2) is 7.58. The van der Waals surface area contributed by atoms with Crippen LogP contribution in [-0.4, -0.2) is 57.4 Å². The molecule has 10 heteroatoms. The second-order valence-electron chi connectivity index (χ2n) is 10.4. The zero-order valence-electron chi connectivity index (χ0n) is 19.4. The molecule has 2 N–H and O–H groups in total. The van der Waals surface area contributed by atoms with Gasteiger partial charge < -0.3 is 15.2 Å². The standard InChI is InChI=1S/C24H30F3N5O2/c1-3-13(2)32-19(7-18(30-32)14-6-20(22(28)29-10-14)34-24(25,26)27)21-16-8-23(9-17(16)21)4-5-31(23)15-11-33-12-15/h6-7,10,13,15-17,21H,3-5,8-9,11-12H2,1-2H3,(H2,28,29)/t13?,16-,17+,21+,23+. The van der Waals surface area contributed by atoms with Gasteiger partial charge in [0.15, 0.2) is 11.6 Å². The summed E-state index contributed by atoms with van der Waals surface area (Å²) in [5.41, 5.74) is 8.23. The van der Waals surface area contributed by atoms with Crippen LogP contribution in [0.1, 0.15) is 57.2 Å². The molecule has 1 spiro atoms. The molecule has 0 aromatic carbocycles. The van der Waals surface area contributed by atoms with Crippen molar-refractivity contribution in [2.75, 3.05) is 25.5 Å². The largest absolute Gasteiger partial charge is 0.573 e. The van der Waals surface area contributed by atoms with Gasteiger partial charge in [-0.1, -0.05) is 6.92 Å². The van der Waals surface area contributed by atoms with Crippen LogP contribution in [0.5, 0.6) is 5.75 Å². The third-order valence-corrected chi connectivity index (χ3v) is 8.57. The number of alkyl halides is 3. The van der Waals surface area contributed by atoms with Gasteiger partial charge in [-0.2, -0.15) is 5.10 Å². The van der Waals surface area contributed by atoms with Gasteiger partial charge in [0.25, 0.3) is 0 Å². The first kappa shape index (κ1) is 22.2. The molecule has 2 aromatic rings. The number of aromatic nitrogens is 3. The number of fused-ring (bicyclic) bond motifs is 1. The molecule has 34 heavy (non-hydrogen) atoms. The highest BCUT2D eigenvalue weighted by atomic mass is 19.4. The molecule has 4 heterocycles. The predicted molar refractivity (Wildman–Crippen MR) is 119 cm³/mol. The van der Waals surface area contributed by atoms with E-state index in [9.17, 15) is 13.2 Å². The molecule has 4 fully saturated rings. The van der Waals surface area contributed by atoms with E-state index in [2.05, 4.69) is 33.2 Å². The second-order valence-corrected chi connectivity index (χ2v) is 10.4. The number of ether oxygens (including phenoxy) is 2. The summed E-state index contributed by atoms with van der Waals surface area (Å²) in [5, 5.41) is 4.82. The summed E-state index contributed by atoms with van der Waals surface area (Å²) < 4.78 is 49.9. The van der Waals surface area contributed by atoms with Crippen LogP contribution in [0.4, 0.5) is 19.0 Å². The van der Waals surface area contributed by atoms with Crippen molar-refractivity contribution in [1.82, 2.24) is 19.7 Å². The van der Waals surface area contributed by atoms with E-state index in [4.69, 9.17) is 15.6 Å². The van der Waals surface area contributed by atoms with Gasteiger partial charge in [0.05, 0.1) is 24.9 Å². The van der Waals surface area contributed by atoms with Crippen molar-refractivity contribution in [3.8, 4) is 17.0 Å². The third kappa shape index (κ3) is 3.48. The first-order chi connectivity index (χ1) is 16.2. The van der Waals surface area contributed by atoms with Crippen LogP contribution in [0.3, 0.4) is 0 Å². The molecule has 2 aromatic heterocycles. The summed E-state index contributed by atoms with van der Waals surface area (Å²) in [4.78, 5) is 6.61. The Morgan fingerprint density at radius 3 is 2.56 bits per heavy atom. The van der Waals surface area contributed by atoms with E-state index < -0.39 is 12.1 Å². The van der Waals surface area contributed by atoms with Crippen molar-refractivity contribution < 1.29 is 22.6 Å². The highest BCUT2D eigenvalue weighted by molar-refractivity contribution is 5.64. The van der Waals surface area contributed by atoms with Crippen LogP contribution >= 0.6 is 0 Å². The van der Waals surface area contributed by atoms with E-state index in [1.807, 2.05) is 6.07 Å². The van der Waals surface area contributed by atoms with Crippen molar-refractivity contribution >= 4 is 5.82 Å². The molecule has 4 aliphatic rings. The van der Waals surface area contributed by atoms with Crippen molar-refractivity contribution in [2.24, 2.45) is 11.8 Å². The van der Waals surface area contributed by atoms with Gasteiger partial charge in [0.1, 0.15) is 0 Å². The summed E-state index contributed by atoms with van der Waals surface area (Å²) >= 11 is 0. The van der Waals surface area contributed by atoms with Crippen molar-refractivity contribution in [2.45, 2.75) is 69.4 Å². The maximum atomic E-state index is 12.8. The number of hydrogen-bond acceptors (Lipinski definition) is 6. The Morgan fingerprint density at radius 2 is 2.00 bits per heavy atom. The van der Waals surface area contributed by atoms with E-state index >= 15 is 0 Å². The van der Waals surface area contributed by atoms with Gasteiger partial charge in [-0.25, -0.2) is 4.98 Å². The molecule has 2 saturated heterocycles. The van der Waals surface area contributed by atoms with Gasteiger partial charge in [0.2, 0.25) is 0 Å². The zero-order valence-corrected chi connectivity index (χ0v) is 19.4. The summed E-state index contributed by atoms with van der Waals surface area (Å²) in [6.45, 7) is 7.15. The molecule has 1 unspecified atom stereocenters. The first-order valence-electron chi connectivity index (χ1n) is 12.1. The number of hydrogen-bond donors (Lipinski definition) is 1. The fourth-order valence-electron chi connectivity index (χ4n) is 6.50. The molecule has 7 nitrogen and oxygen atoms in total. The van der Waals surface area contributed by atoms with Crippen LogP contribution in [0.25, 0.3) is 11.3 Å². The predicted octanol–water partition coefficient (Wildman–Crippen LogP) is 4.36. The summed E-state index contributed by atoms with van der Waals surface area (Å²) in [7, 11) is 0. The molecule has 2 aliphatic heterocycles. The van der Waals surface area contributed by atoms with Gasteiger partial charge in [-0.15, -0.1) is 13.2 Å². The number of pyridine rings is 1. The molecule has 0 radical (unpaired) electrons. The summed E-state index contributed by atoms with van der Waals surface area (Å²) in [6, 6.07) is 4.09. The third-order valence-electron chi connectivity index (χ3n) is 8.57. The number of nitrogens with two attached hydrogens (primary N) is 1. The fourth-order valence-corrected chi connectivity index (χ4v) is 6.50. The van der Waals surface area contributed by atoms with Crippen molar-refractivity contribution in [1.29, 1.82) is 0 Å². The normalized spacial score (nSPS) is 31.7. The smallest absolute Gasteiger partial charge is 0.402 e. The van der Waals surface area contributed by atoms with Crippen LogP contribution in [0.15, 0.2) is 18.3 Å². The molecule has 5 atom stereocenters. The summed E-state index contributed by atoms with van der Waals surface area (Å²) in [5.74, 6) is 0.940. The number of anilines is 1. The van der Waals surface area contributed by atoms with Crippen LogP contribution in [0, 0.1) is 11.8 Å². The Balaban J connectivity index is 1.26. The van der Waals surface area contributed by atoms with Gasteiger partial charge in [-0.3, -0.25) is 9.58 Å². The van der Waals surface area contributed by atoms with Gasteiger partial charge >= 0.3 is 6.36 Å². The lowest BCUT2D eigenvalue weighted by atomic mass is 9.77. The molecular formula is C24H30F3N5O2. The monoisotopic (exact) mass is 477 g/mol. The van der Waals surface area contributed by atoms with Crippen LogP contribution in [0.2, 0.25) is 0 Å². The van der Waals surface area contributed by atoms with E-state index in [0.29, 0.717) is 40.6 Å². The molecule has 2 saturated carbocycles. The number of halogens is 3. The topological polar surface area (TPSA) is 78.4 Å². The fraction of sp³-hybridized carbons (Fsp3) is 0.667. The van der Waals surface area contributed by atoms with E-state index in [1.165, 1.54) is 43.8 Å². The highest BCUT2D eigenvalue weighted by Crippen LogP contribution is 2.69. The average molecular weight is 478 g/mol. The minimum atomic E-state index is -4.84. The minimum Gasteiger partial charge on any atom is -0.402 e. The molecule has 184 valence electrons. The van der Waals surface area contributed by atoms with E-state index in [0.717, 1.165) is 19.6 Å². The molecular weight excluding hydrogens is 447 g/mol. The Bertz CT molecular complexity index is 1090. The van der Waals surface area contributed by atoms with Crippen LogP contribution in [-0.2, 0) is 4.74 Å². The molecule has 6 rings (SSSR count). The molecule has 0 amide bonds. The lowest BCUT2D eigenvalue weighted by molar-refractivity contribution is -0.274. The lowest BCUT2D eigenvalue weighted by Gasteiger charge is -2.57. The SMILES string of the molecule is CCC(C)n1nc(-c2cnc(N)c(OC(F)(F)F)c2)cc1[C@H]1[C@@H]2C[C@@]3(CCN3C3COC3)C[C@@H]21. The minimum absolute atomic E-state index is 0.194. The van der Waals surface area contributed by atoms with Crippen molar-refractivity contribution in [3.63, 3.8) is 0 Å². The van der Waals surface area contributed by atoms with Gasteiger partial charge in [0, 0.05) is 41.5 Å². The number of nitrogen functional groups attached to an aromatic ring is 1. The number of likely N-dealkylation sites (tertiary alicyclic amines) is 1. The van der Waals surface area contributed by atoms with Crippen LogP contribution < -0.4 is 10.5 Å². The first-order valence-corrected chi connectivity index (χ1v) is 12.1. The van der Waals surface area contributed by atoms with Gasteiger partial charge in [-0.05, 0) is 56.6 Å². The molecule has 0 bridgehead atoms. The Hall–Kier alpha value is -2.33. The maximum Gasteiger partial charge on any atom is 0.573 e. The number of nitrogens with zero attached hydrogens (tertiary/aromatic N) is 4.